The van der Waals surface area contributed by atoms with Crippen LogP contribution in [0.4, 0.5) is 13.2 Å². The van der Waals surface area contributed by atoms with Gasteiger partial charge in [0, 0.05) is 29.4 Å². The van der Waals surface area contributed by atoms with Gasteiger partial charge in [0.15, 0.2) is 6.29 Å². The Morgan fingerprint density at radius 2 is 2.19 bits per heavy atom. The zero-order chi connectivity index (χ0) is 11.8. The molecule has 2 aromatic heterocycles. The highest BCUT2D eigenvalue weighted by molar-refractivity contribution is 5.96. The van der Waals surface area contributed by atoms with Crippen molar-refractivity contribution in [2.24, 2.45) is 0 Å². The minimum Gasteiger partial charge on any atom is -0.388 e. The van der Waals surface area contributed by atoms with Crippen molar-refractivity contribution in [3.63, 3.8) is 0 Å². The molecule has 0 radical (unpaired) electrons. The molecule has 0 aliphatic carbocycles. The van der Waals surface area contributed by atoms with Crippen LogP contribution >= 0.6 is 0 Å². The Hall–Kier alpha value is -2.05. The van der Waals surface area contributed by atoms with E-state index in [0.29, 0.717) is 22.8 Å². The Labute approximate surface area is 87.0 Å². The smallest absolute Gasteiger partial charge is 0.388 e. The summed E-state index contributed by atoms with van der Waals surface area (Å²) in [6, 6.07) is 1.08. The average Bonchev–Trinajstić information content (AvgIpc) is 2.57. The first-order valence-electron chi connectivity index (χ1n) is 4.17. The van der Waals surface area contributed by atoms with Crippen molar-refractivity contribution in [3.8, 4) is 5.88 Å². The summed E-state index contributed by atoms with van der Waals surface area (Å²) in [5.41, 5.74) is 0.692. The van der Waals surface area contributed by atoms with E-state index in [0.717, 1.165) is 12.3 Å². The van der Waals surface area contributed by atoms with Crippen LogP contribution in [0.3, 0.4) is 0 Å². The number of carbonyl (C=O) groups is 1. The molecule has 0 saturated carbocycles. The number of aromatic amines is 1. The normalized spacial score (nSPS) is 11.7. The molecule has 0 amide bonds. The molecule has 2 aromatic rings. The Bertz CT molecular complexity index is 533. The van der Waals surface area contributed by atoms with Gasteiger partial charge in [0.05, 0.1) is 5.52 Å². The van der Waals surface area contributed by atoms with E-state index in [1.165, 1.54) is 6.20 Å². The lowest BCUT2D eigenvalue weighted by molar-refractivity contribution is -0.276. The standard InChI is InChI=1S/C9H5F3N2O2/c10-9(11,12)16-8-1-7-6(3-14-8)5(4-15)2-13-7/h1-4,13H. The number of hydrogen-bond acceptors (Lipinski definition) is 3. The maximum absolute atomic E-state index is 11.9. The van der Waals surface area contributed by atoms with Crippen LogP contribution in [0.15, 0.2) is 18.5 Å². The van der Waals surface area contributed by atoms with Crippen LogP contribution in [0.2, 0.25) is 0 Å². The fourth-order valence-electron chi connectivity index (χ4n) is 1.29. The number of rotatable bonds is 2. The molecule has 84 valence electrons. The van der Waals surface area contributed by atoms with E-state index in [-0.39, 0.29) is 0 Å². The van der Waals surface area contributed by atoms with E-state index in [1.807, 2.05) is 0 Å². The molecule has 0 saturated heterocycles. The largest absolute Gasteiger partial charge is 0.574 e. The van der Waals surface area contributed by atoms with Crippen LogP contribution in [0.5, 0.6) is 5.88 Å². The molecule has 4 nitrogen and oxygen atoms in total. The van der Waals surface area contributed by atoms with Gasteiger partial charge in [-0.2, -0.15) is 0 Å². The maximum Gasteiger partial charge on any atom is 0.574 e. The number of nitrogens with one attached hydrogen (secondary N) is 1. The van der Waals surface area contributed by atoms with Crippen LogP contribution in [0.25, 0.3) is 10.9 Å². The molecule has 16 heavy (non-hydrogen) atoms. The Morgan fingerprint density at radius 3 is 2.81 bits per heavy atom. The third-order valence-corrected chi connectivity index (χ3v) is 1.92. The van der Waals surface area contributed by atoms with Gasteiger partial charge in [-0.05, 0) is 0 Å². The van der Waals surface area contributed by atoms with Crippen molar-refractivity contribution < 1.29 is 22.7 Å². The molecular weight excluding hydrogens is 225 g/mol. The third-order valence-electron chi connectivity index (χ3n) is 1.92. The van der Waals surface area contributed by atoms with Crippen molar-refractivity contribution in [1.82, 2.24) is 9.97 Å². The van der Waals surface area contributed by atoms with Crippen LogP contribution in [0, 0.1) is 0 Å². The summed E-state index contributed by atoms with van der Waals surface area (Å²) in [6.07, 6.45) is -1.65. The summed E-state index contributed by atoms with van der Waals surface area (Å²) in [4.78, 5) is 16.6. The second-order valence-electron chi connectivity index (χ2n) is 2.98. The average molecular weight is 230 g/mol. The van der Waals surface area contributed by atoms with Crippen molar-refractivity contribution in [2.45, 2.75) is 6.36 Å². The molecule has 1 N–H and O–H groups in total. The van der Waals surface area contributed by atoms with E-state index in [9.17, 15) is 18.0 Å². The number of aldehydes is 1. The molecule has 2 heterocycles. The number of halogens is 3. The fraction of sp³-hybridized carbons (Fsp3) is 0.111. The number of hydrogen-bond donors (Lipinski definition) is 1. The highest BCUT2D eigenvalue weighted by atomic mass is 19.4. The number of ether oxygens (including phenoxy) is 1. The second-order valence-corrected chi connectivity index (χ2v) is 2.98. The molecule has 0 spiro atoms. The summed E-state index contributed by atoms with van der Waals surface area (Å²) in [7, 11) is 0. The first kappa shape index (κ1) is 10.5. The monoisotopic (exact) mass is 230 g/mol. The lowest BCUT2D eigenvalue weighted by Gasteiger charge is -2.07. The molecule has 2 rings (SSSR count). The summed E-state index contributed by atoms with van der Waals surface area (Å²) in [6.45, 7) is 0. The van der Waals surface area contributed by atoms with Gasteiger partial charge >= 0.3 is 6.36 Å². The first-order chi connectivity index (χ1) is 7.49. The third kappa shape index (κ3) is 1.97. The molecule has 0 fully saturated rings. The van der Waals surface area contributed by atoms with Crippen molar-refractivity contribution in [2.75, 3.05) is 0 Å². The summed E-state index contributed by atoms with van der Waals surface area (Å²) >= 11 is 0. The van der Waals surface area contributed by atoms with Gasteiger partial charge in [-0.25, -0.2) is 4.98 Å². The van der Waals surface area contributed by atoms with Gasteiger partial charge in [0.2, 0.25) is 5.88 Å². The summed E-state index contributed by atoms with van der Waals surface area (Å²) in [5, 5.41) is 0.449. The van der Waals surface area contributed by atoms with Gasteiger partial charge in [0.25, 0.3) is 0 Å². The molecule has 0 aromatic carbocycles. The minimum atomic E-state index is -4.78. The first-order valence-corrected chi connectivity index (χ1v) is 4.17. The Morgan fingerprint density at radius 1 is 1.44 bits per heavy atom. The summed E-state index contributed by atoms with van der Waals surface area (Å²) in [5.74, 6) is -0.570. The van der Waals surface area contributed by atoms with E-state index in [2.05, 4.69) is 14.7 Å². The number of nitrogens with zero attached hydrogens (tertiary/aromatic N) is 1. The van der Waals surface area contributed by atoms with Crippen molar-refractivity contribution in [3.05, 3.63) is 24.0 Å². The molecule has 0 aliphatic heterocycles. The zero-order valence-electron chi connectivity index (χ0n) is 7.71. The maximum atomic E-state index is 11.9. The summed E-state index contributed by atoms with van der Waals surface area (Å²) < 4.78 is 39.3. The molecule has 7 heteroatoms. The SMILES string of the molecule is O=Cc1c[nH]c2cc(OC(F)(F)F)ncc12. The van der Waals surface area contributed by atoms with Crippen LogP contribution in [-0.4, -0.2) is 22.6 Å². The lowest BCUT2D eigenvalue weighted by atomic mass is 10.2. The molecular formula is C9H5F3N2O2. The van der Waals surface area contributed by atoms with Crippen LogP contribution in [-0.2, 0) is 0 Å². The van der Waals surface area contributed by atoms with E-state index < -0.39 is 12.2 Å². The van der Waals surface area contributed by atoms with Gasteiger partial charge < -0.3 is 9.72 Å². The number of H-pyrrole nitrogens is 1. The Balaban J connectivity index is 2.41. The van der Waals surface area contributed by atoms with E-state index >= 15 is 0 Å². The molecule has 0 aliphatic rings. The zero-order valence-corrected chi connectivity index (χ0v) is 7.71. The topological polar surface area (TPSA) is 55.0 Å². The second kappa shape index (κ2) is 3.51. The van der Waals surface area contributed by atoms with Crippen molar-refractivity contribution in [1.29, 1.82) is 0 Å². The fourth-order valence-corrected chi connectivity index (χ4v) is 1.29. The molecule has 0 atom stereocenters. The highest BCUT2D eigenvalue weighted by Gasteiger charge is 2.31. The number of aromatic nitrogens is 2. The molecule has 0 bridgehead atoms. The van der Waals surface area contributed by atoms with Gasteiger partial charge in [-0.3, -0.25) is 4.79 Å². The number of fused-ring (bicyclic) bond motifs is 1. The minimum absolute atomic E-state index is 0.334. The quantitative estimate of drug-likeness (QED) is 0.805. The Kier molecular flexibility index (Phi) is 2.30. The van der Waals surface area contributed by atoms with Gasteiger partial charge in [0.1, 0.15) is 0 Å². The van der Waals surface area contributed by atoms with E-state index in [1.54, 1.807) is 0 Å². The van der Waals surface area contributed by atoms with Crippen LogP contribution < -0.4 is 4.74 Å². The number of carbonyl (C=O) groups excluding carboxylic acids is 1. The lowest BCUT2D eigenvalue weighted by Crippen LogP contribution is -2.17. The predicted octanol–water partition coefficient (Wildman–Crippen LogP) is 2.27. The molecule has 0 unspecified atom stereocenters. The number of pyridine rings is 1. The predicted molar refractivity (Wildman–Crippen MR) is 48.2 cm³/mol. The van der Waals surface area contributed by atoms with Crippen molar-refractivity contribution >= 4 is 17.2 Å². The number of alkyl halides is 3. The van der Waals surface area contributed by atoms with Gasteiger partial charge in [-0.15, -0.1) is 13.2 Å². The van der Waals surface area contributed by atoms with Gasteiger partial charge in [-0.1, -0.05) is 0 Å². The van der Waals surface area contributed by atoms with E-state index in [4.69, 9.17) is 0 Å². The van der Waals surface area contributed by atoms with Crippen LogP contribution in [0.1, 0.15) is 10.4 Å². The highest BCUT2D eigenvalue weighted by Crippen LogP contribution is 2.24.